The summed E-state index contributed by atoms with van der Waals surface area (Å²) in [6.07, 6.45) is 0.153. The highest BCUT2D eigenvalue weighted by molar-refractivity contribution is 7.80. The van der Waals surface area contributed by atoms with Crippen LogP contribution in [0.5, 0.6) is 5.75 Å². The fraction of sp³-hybridized carbons (Fsp3) is 0.154. The normalized spacial score (nSPS) is 10.9. The van der Waals surface area contributed by atoms with Gasteiger partial charge in [-0.05, 0) is 61.1 Å². The molecule has 9 heteroatoms. The molecule has 176 valence electrons. The first-order valence-corrected chi connectivity index (χ1v) is 11.1. The summed E-state index contributed by atoms with van der Waals surface area (Å²) in [5, 5.41) is 27.0. The van der Waals surface area contributed by atoms with Crippen molar-refractivity contribution in [2.75, 3.05) is 17.2 Å². The van der Waals surface area contributed by atoms with Crippen molar-refractivity contribution in [3.8, 4) is 17.9 Å². The number of ether oxygens (including phenoxy) is 1. The molecule has 0 aromatic heterocycles. The summed E-state index contributed by atoms with van der Waals surface area (Å²) >= 11 is 5.42. The maximum atomic E-state index is 14.0. The molecular weight excluding hydrogens is 465 g/mol. The van der Waals surface area contributed by atoms with Crippen LogP contribution in [-0.4, -0.2) is 17.6 Å². The number of nitriles is 2. The minimum absolute atomic E-state index is 0.0974. The molecule has 0 aliphatic rings. The minimum atomic E-state index is -0.636. The summed E-state index contributed by atoms with van der Waals surface area (Å²) in [6.45, 7) is 2.05. The van der Waals surface area contributed by atoms with E-state index in [1.54, 1.807) is 36.4 Å². The second-order valence-corrected chi connectivity index (χ2v) is 7.86. The van der Waals surface area contributed by atoms with Gasteiger partial charge in [-0.15, -0.1) is 0 Å². The molecule has 3 rings (SSSR count). The molecule has 0 radical (unpaired) electrons. The Morgan fingerprint density at radius 3 is 2.51 bits per heavy atom. The molecule has 0 spiro atoms. The molecule has 0 bridgehead atoms. The predicted octanol–water partition coefficient (Wildman–Crippen LogP) is 5.29. The highest BCUT2D eigenvalue weighted by atomic mass is 32.1. The molecule has 3 N–H and O–H groups in total. The monoisotopic (exact) mass is 487 g/mol. The van der Waals surface area contributed by atoms with Crippen LogP contribution in [0.15, 0.2) is 66.7 Å². The van der Waals surface area contributed by atoms with Crippen LogP contribution >= 0.6 is 12.2 Å². The topological polar surface area (TPSA) is 110 Å². The predicted molar refractivity (Wildman–Crippen MR) is 135 cm³/mol. The number of carbonyl (C=O) groups is 1. The van der Waals surface area contributed by atoms with E-state index in [1.807, 2.05) is 25.1 Å². The van der Waals surface area contributed by atoms with Crippen molar-refractivity contribution in [2.24, 2.45) is 0 Å². The van der Waals surface area contributed by atoms with Gasteiger partial charge in [-0.1, -0.05) is 24.3 Å². The lowest BCUT2D eigenvalue weighted by Gasteiger charge is -2.19. The fourth-order valence-electron chi connectivity index (χ4n) is 3.16. The summed E-state index contributed by atoms with van der Waals surface area (Å²) in [7, 11) is 0. The van der Waals surface area contributed by atoms with Crippen LogP contribution in [0.1, 0.15) is 40.9 Å². The number of hydrogen-bond donors (Lipinski definition) is 3. The molecule has 0 aliphatic heterocycles. The van der Waals surface area contributed by atoms with Crippen LogP contribution in [0.25, 0.3) is 0 Å². The lowest BCUT2D eigenvalue weighted by atomic mass is 10.1. The first-order chi connectivity index (χ1) is 16.9. The quantitative estimate of drug-likeness (QED) is 0.292. The summed E-state index contributed by atoms with van der Waals surface area (Å²) in [5.74, 6) is -0.955. The Morgan fingerprint density at radius 1 is 1.09 bits per heavy atom. The Kier molecular flexibility index (Phi) is 8.71. The van der Waals surface area contributed by atoms with Crippen LogP contribution in [0.2, 0.25) is 0 Å². The highest BCUT2D eigenvalue weighted by Crippen LogP contribution is 2.29. The Bertz CT molecular complexity index is 1300. The van der Waals surface area contributed by atoms with Crippen molar-refractivity contribution in [1.82, 2.24) is 5.32 Å². The van der Waals surface area contributed by atoms with Gasteiger partial charge in [-0.3, -0.25) is 4.79 Å². The molecule has 0 saturated heterocycles. The number of nitrogens with one attached hydrogen (secondary N) is 3. The third-order valence-electron chi connectivity index (χ3n) is 4.96. The summed E-state index contributed by atoms with van der Waals surface area (Å²) in [6, 6.07) is 21.7. The molecule has 35 heavy (non-hydrogen) atoms. The maximum Gasteiger partial charge on any atom is 0.258 e. The van der Waals surface area contributed by atoms with Crippen molar-refractivity contribution < 1.29 is 13.9 Å². The van der Waals surface area contributed by atoms with Gasteiger partial charge >= 0.3 is 0 Å². The zero-order valence-corrected chi connectivity index (χ0v) is 19.7. The van der Waals surface area contributed by atoms with Gasteiger partial charge in [-0.2, -0.15) is 10.5 Å². The summed E-state index contributed by atoms with van der Waals surface area (Å²) < 4.78 is 19.7. The van der Waals surface area contributed by atoms with Gasteiger partial charge < -0.3 is 20.7 Å². The standard InChI is InChI=1S/C26H22FN5O2S/c1-17(19-9-7-18(16-29)8-10-19)30-26(35)31-20-11-12-23(24(15-20)34-14-4-13-28)32-25(33)21-5-2-3-6-22(21)27/h2-3,5-12,15,17H,4,14H2,1H3,(H,32,33)(H2,30,31,35). The Hall–Kier alpha value is -4.47. The summed E-state index contributed by atoms with van der Waals surface area (Å²) in [5.41, 5.74) is 2.35. The number of rotatable bonds is 8. The van der Waals surface area contributed by atoms with Gasteiger partial charge in [0.05, 0.1) is 41.4 Å². The number of hydrogen-bond acceptors (Lipinski definition) is 5. The van der Waals surface area contributed by atoms with Gasteiger partial charge in [0, 0.05) is 11.8 Å². The number of carbonyl (C=O) groups excluding carboxylic acids is 1. The molecule has 1 atom stereocenters. The van der Waals surface area contributed by atoms with E-state index in [0.717, 1.165) is 5.56 Å². The zero-order chi connectivity index (χ0) is 25.2. The number of thiocarbonyl (C=S) groups is 1. The van der Waals surface area contributed by atoms with E-state index in [-0.39, 0.29) is 24.6 Å². The van der Waals surface area contributed by atoms with Crippen LogP contribution < -0.4 is 20.7 Å². The number of anilines is 2. The van der Waals surface area contributed by atoms with Crippen molar-refractivity contribution in [3.05, 3.63) is 89.2 Å². The second-order valence-electron chi connectivity index (χ2n) is 7.46. The van der Waals surface area contributed by atoms with Gasteiger partial charge in [0.1, 0.15) is 18.2 Å². The molecule has 0 saturated carbocycles. The molecule has 1 unspecified atom stereocenters. The van der Waals surface area contributed by atoms with Crippen LogP contribution in [0, 0.1) is 28.5 Å². The van der Waals surface area contributed by atoms with Crippen molar-refractivity contribution in [1.29, 1.82) is 10.5 Å². The largest absolute Gasteiger partial charge is 0.490 e. The Morgan fingerprint density at radius 2 is 1.83 bits per heavy atom. The van der Waals surface area contributed by atoms with E-state index in [2.05, 4.69) is 22.0 Å². The van der Waals surface area contributed by atoms with Crippen molar-refractivity contribution in [2.45, 2.75) is 19.4 Å². The Balaban J connectivity index is 1.72. The van der Waals surface area contributed by atoms with Crippen LogP contribution in [0.4, 0.5) is 15.8 Å². The second kappa shape index (κ2) is 12.1. The van der Waals surface area contributed by atoms with E-state index >= 15 is 0 Å². The molecule has 3 aromatic rings. The highest BCUT2D eigenvalue weighted by Gasteiger charge is 2.15. The fourth-order valence-corrected chi connectivity index (χ4v) is 3.45. The molecular formula is C26H22FN5O2S. The Labute approximate surface area is 208 Å². The van der Waals surface area contributed by atoms with Crippen molar-refractivity contribution >= 4 is 34.6 Å². The van der Waals surface area contributed by atoms with E-state index in [9.17, 15) is 9.18 Å². The van der Waals surface area contributed by atoms with Gasteiger partial charge in [0.15, 0.2) is 5.11 Å². The van der Waals surface area contributed by atoms with Crippen LogP contribution in [0.3, 0.4) is 0 Å². The molecule has 3 aromatic carbocycles. The average Bonchev–Trinajstić information content (AvgIpc) is 2.85. The van der Waals surface area contributed by atoms with E-state index in [4.69, 9.17) is 27.5 Å². The number of halogens is 1. The lowest BCUT2D eigenvalue weighted by Crippen LogP contribution is -2.30. The molecule has 1 amide bonds. The average molecular weight is 488 g/mol. The zero-order valence-electron chi connectivity index (χ0n) is 18.8. The molecule has 7 nitrogen and oxygen atoms in total. The lowest BCUT2D eigenvalue weighted by molar-refractivity contribution is 0.102. The smallest absolute Gasteiger partial charge is 0.258 e. The van der Waals surface area contributed by atoms with Gasteiger partial charge in [0.25, 0.3) is 5.91 Å². The number of nitrogens with zero attached hydrogens (tertiary/aromatic N) is 2. The van der Waals surface area contributed by atoms with Gasteiger partial charge in [0.2, 0.25) is 0 Å². The van der Waals surface area contributed by atoms with Gasteiger partial charge in [-0.25, -0.2) is 4.39 Å². The minimum Gasteiger partial charge on any atom is -0.490 e. The molecule has 0 aliphatic carbocycles. The first-order valence-electron chi connectivity index (χ1n) is 10.7. The summed E-state index contributed by atoms with van der Waals surface area (Å²) in [4.78, 5) is 12.6. The van der Waals surface area contributed by atoms with Crippen LogP contribution in [-0.2, 0) is 0 Å². The van der Waals surface area contributed by atoms with E-state index in [1.165, 1.54) is 18.2 Å². The van der Waals surface area contributed by atoms with Crippen molar-refractivity contribution in [3.63, 3.8) is 0 Å². The third-order valence-corrected chi connectivity index (χ3v) is 5.18. The first kappa shape index (κ1) is 25.2. The SMILES string of the molecule is CC(NC(=S)Nc1ccc(NC(=O)c2ccccc2F)c(OCCC#N)c1)c1ccc(C#N)cc1. The van der Waals surface area contributed by atoms with E-state index in [0.29, 0.717) is 27.8 Å². The maximum absolute atomic E-state index is 14.0. The molecule has 0 fully saturated rings. The number of benzene rings is 3. The number of amides is 1. The molecule has 0 heterocycles. The third kappa shape index (κ3) is 7.00. The van der Waals surface area contributed by atoms with E-state index < -0.39 is 11.7 Å².